The lowest BCUT2D eigenvalue weighted by atomic mass is 10.1. The number of hydrogen-bond acceptors (Lipinski definition) is 3. The summed E-state index contributed by atoms with van der Waals surface area (Å²) in [6, 6.07) is 13.1. The van der Waals surface area contributed by atoms with Gasteiger partial charge >= 0.3 is 0 Å². The lowest BCUT2D eigenvalue weighted by molar-refractivity contribution is -0.130. The van der Waals surface area contributed by atoms with E-state index >= 15 is 0 Å². The normalized spacial score (nSPS) is 13.6. The van der Waals surface area contributed by atoms with Crippen molar-refractivity contribution < 1.29 is 9.00 Å². The standard InChI is InChI=1S/C16H19NO2S2/c1-3-17(4-2)16(18)15(13-9-6-5-7-10-13)21(19)14-11-8-12-20-14/h5-12,15H,3-4H2,1-2H3/t15-,21+/m0/s1. The molecule has 0 radical (unpaired) electrons. The SMILES string of the molecule is CCN(CC)C(=O)[C@H](c1ccccc1)[S@](=O)c1cccs1. The average molecular weight is 321 g/mol. The minimum Gasteiger partial charge on any atom is -0.342 e. The van der Waals surface area contributed by atoms with E-state index in [4.69, 9.17) is 0 Å². The fourth-order valence-electron chi connectivity index (χ4n) is 2.18. The lowest BCUT2D eigenvalue weighted by Crippen LogP contribution is -2.36. The summed E-state index contributed by atoms with van der Waals surface area (Å²) >= 11 is 1.43. The second kappa shape index (κ2) is 7.52. The van der Waals surface area contributed by atoms with Gasteiger partial charge in [-0.15, -0.1) is 11.3 Å². The second-order valence-corrected chi connectivity index (χ2v) is 7.24. The first-order valence-corrected chi connectivity index (χ1v) is 9.06. The van der Waals surface area contributed by atoms with E-state index in [1.807, 2.05) is 61.7 Å². The van der Waals surface area contributed by atoms with Crippen molar-refractivity contribution in [3.8, 4) is 0 Å². The van der Waals surface area contributed by atoms with E-state index in [0.29, 0.717) is 13.1 Å². The molecule has 0 unspecified atom stereocenters. The quantitative estimate of drug-likeness (QED) is 0.817. The molecule has 0 N–H and O–H groups in total. The highest BCUT2D eigenvalue weighted by Gasteiger charge is 2.31. The summed E-state index contributed by atoms with van der Waals surface area (Å²) in [4.78, 5) is 14.5. The van der Waals surface area contributed by atoms with Crippen LogP contribution in [0.4, 0.5) is 0 Å². The summed E-state index contributed by atoms with van der Waals surface area (Å²) in [5.41, 5.74) is 0.807. The number of hydrogen-bond donors (Lipinski definition) is 0. The molecule has 0 aliphatic heterocycles. The van der Waals surface area contributed by atoms with E-state index in [0.717, 1.165) is 9.77 Å². The number of thiophene rings is 1. The molecule has 1 aromatic heterocycles. The van der Waals surface area contributed by atoms with E-state index in [1.54, 1.807) is 4.90 Å². The highest BCUT2D eigenvalue weighted by molar-refractivity contribution is 7.88. The van der Waals surface area contributed by atoms with E-state index < -0.39 is 16.0 Å². The summed E-state index contributed by atoms with van der Waals surface area (Å²) in [7, 11) is -1.37. The van der Waals surface area contributed by atoms with Crippen LogP contribution in [0.15, 0.2) is 52.1 Å². The van der Waals surface area contributed by atoms with Gasteiger partial charge in [-0.3, -0.25) is 9.00 Å². The predicted molar refractivity (Wildman–Crippen MR) is 87.8 cm³/mol. The summed E-state index contributed by atoms with van der Waals surface area (Å²) in [6.45, 7) is 5.13. The minimum atomic E-state index is -1.37. The smallest absolute Gasteiger partial charge is 0.243 e. The summed E-state index contributed by atoms with van der Waals surface area (Å²) < 4.78 is 13.6. The molecule has 2 rings (SSSR count). The Balaban J connectivity index is 2.40. The van der Waals surface area contributed by atoms with Crippen LogP contribution in [0.3, 0.4) is 0 Å². The Kier molecular flexibility index (Phi) is 5.70. The van der Waals surface area contributed by atoms with Gasteiger partial charge in [-0.1, -0.05) is 36.4 Å². The van der Waals surface area contributed by atoms with Gasteiger partial charge in [-0.25, -0.2) is 0 Å². The maximum Gasteiger partial charge on any atom is 0.243 e. The number of likely N-dealkylation sites (N-methyl/N-ethyl adjacent to an activating group) is 1. The Morgan fingerprint density at radius 2 is 1.81 bits per heavy atom. The molecule has 0 spiro atoms. The van der Waals surface area contributed by atoms with Gasteiger partial charge in [0.05, 0.1) is 15.0 Å². The number of carbonyl (C=O) groups excluding carboxylic acids is 1. The molecule has 1 amide bonds. The predicted octanol–water partition coefficient (Wildman–Crippen LogP) is 3.47. The van der Waals surface area contributed by atoms with E-state index in [-0.39, 0.29) is 5.91 Å². The van der Waals surface area contributed by atoms with Crippen LogP contribution in [0, 0.1) is 0 Å². The molecule has 0 bridgehead atoms. The third-order valence-electron chi connectivity index (χ3n) is 3.31. The highest BCUT2D eigenvalue weighted by Crippen LogP contribution is 2.29. The van der Waals surface area contributed by atoms with E-state index in [1.165, 1.54) is 11.3 Å². The van der Waals surface area contributed by atoms with Gasteiger partial charge in [0.25, 0.3) is 0 Å². The molecule has 5 heteroatoms. The van der Waals surface area contributed by atoms with E-state index in [2.05, 4.69) is 0 Å². The van der Waals surface area contributed by atoms with Gasteiger partial charge < -0.3 is 4.90 Å². The maximum atomic E-state index is 12.9. The van der Waals surface area contributed by atoms with Crippen molar-refractivity contribution in [1.82, 2.24) is 4.90 Å². The molecule has 21 heavy (non-hydrogen) atoms. The number of carbonyl (C=O) groups is 1. The van der Waals surface area contributed by atoms with Crippen molar-refractivity contribution in [1.29, 1.82) is 0 Å². The minimum absolute atomic E-state index is 0.0714. The lowest BCUT2D eigenvalue weighted by Gasteiger charge is -2.24. The van der Waals surface area contributed by atoms with Crippen LogP contribution in [0.1, 0.15) is 24.7 Å². The summed E-state index contributed by atoms with van der Waals surface area (Å²) in [6.07, 6.45) is 0. The fraction of sp³-hybridized carbons (Fsp3) is 0.312. The molecular weight excluding hydrogens is 302 g/mol. The molecule has 0 saturated carbocycles. The van der Waals surface area contributed by atoms with Crippen molar-refractivity contribution in [3.63, 3.8) is 0 Å². The van der Waals surface area contributed by atoms with Crippen molar-refractivity contribution >= 4 is 28.0 Å². The van der Waals surface area contributed by atoms with Gasteiger partial charge in [0, 0.05) is 13.1 Å². The number of benzene rings is 1. The number of nitrogens with zero attached hydrogens (tertiary/aromatic N) is 1. The summed E-state index contributed by atoms with van der Waals surface area (Å²) in [5, 5.41) is 1.25. The Morgan fingerprint density at radius 1 is 1.14 bits per heavy atom. The first-order chi connectivity index (χ1) is 10.2. The second-order valence-electron chi connectivity index (χ2n) is 4.53. The Labute approximate surface area is 132 Å². The maximum absolute atomic E-state index is 12.9. The first kappa shape index (κ1) is 15.9. The van der Waals surface area contributed by atoms with Gasteiger partial charge in [0.2, 0.25) is 5.91 Å². The largest absolute Gasteiger partial charge is 0.342 e. The molecule has 112 valence electrons. The zero-order valence-electron chi connectivity index (χ0n) is 12.2. The van der Waals surface area contributed by atoms with Crippen LogP contribution in [-0.2, 0) is 15.6 Å². The van der Waals surface area contributed by atoms with Crippen LogP contribution >= 0.6 is 11.3 Å². The van der Waals surface area contributed by atoms with Gasteiger partial charge in [0.1, 0.15) is 5.25 Å². The zero-order chi connectivity index (χ0) is 15.2. The van der Waals surface area contributed by atoms with Crippen molar-refractivity contribution in [3.05, 3.63) is 53.4 Å². The third-order valence-corrected chi connectivity index (χ3v) is 6.19. The molecular formula is C16H19NO2S2. The molecule has 1 heterocycles. The third kappa shape index (κ3) is 3.60. The van der Waals surface area contributed by atoms with Crippen molar-refractivity contribution in [2.24, 2.45) is 0 Å². The van der Waals surface area contributed by atoms with Crippen molar-refractivity contribution in [2.75, 3.05) is 13.1 Å². The van der Waals surface area contributed by atoms with E-state index in [9.17, 15) is 9.00 Å². The van der Waals surface area contributed by atoms with Crippen LogP contribution < -0.4 is 0 Å². The molecule has 2 atom stereocenters. The molecule has 3 nitrogen and oxygen atoms in total. The average Bonchev–Trinajstić information content (AvgIpc) is 3.04. The topological polar surface area (TPSA) is 37.4 Å². The van der Waals surface area contributed by atoms with Gasteiger partial charge in [-0.2, -0.15) is 0 Å². The Bertz CT molecular complexity index is 592. The first-order valence-electron chi connectivity index (χ1n) is 6.96. The molecule has 0 fully saturated rings. The van der Waals surface area contributed by atoms with Gasteiger partial charge in [0.15, 0.2) is 0 Å². The van der Waals surface area contributed by atoms with Crippen LogP contribution in [0.2, 0.25) is 0 Å². The highest BCUT2D eigenvalue weighted by atomic mass is 32.2. The molecule has 0 aliphatic rings. The molecule has 1 aromatic carbocycles. The number of rotatable bonds is 6. The number of amides is 1. The summed E-state index contributed by atoms with van der Waals surface area (Å²) in [5.74, 6) is -0.0714. The molecule has 2 aromatic rings. The monoisotopic (exact) mass is 321 g/mol. The van der Waals surface area contributed by atoms with Crippen molar-refractivity contribution in [2.45, 2.75) is 23.3 Å². The Morgan fingerprint density at radius 3 is 2.33 bits per heavy atom. The van der Waals surface area contributed by atoms with Crippen LogP contribution in [0.25, 0.3) is 0 Å². The molecule has 0 aliphatic carbocycles. The Hall–Kier alpha value is -1.46. The fourth-order valence-corrected chi connectivity index (χ4v) is 4.65. The van der Waals surface area contributed by atoms with Gasteiger partial charge in [-0.05, 0) is 30.9 Å². The zero-order valence-corrected chi connectivity index (χ0v) is 13.8. The van der Waals surface area contributed by atoms with Crippen LogP contribution in [-0.4, -0.2) is 28.1 Å². The van der Waals surface area contributed by atoms with Crippen LogP contribution in [0.5, 0.6) is 0 Å². The molecule has 0 saturated heterocycles.